The van der Waals surface area contributed by atoms with Crippen LogP contribution >= 0.6 is 15.9 Å². The van der Waals surface area contributed by atoms with Crippen LogP contribution in [0, 0.1) is 0 Å². The lowest BCUT2D eigenvalue weighted by molar-refractivity contribution is 0.162. The highest BCUT2D eigenvalue weighted by atomic mass is 79.9. The normalized spacial score (nSPS) is 8.67. The number of hydrogen-bond donors (Lipinski definition) is 0. The molecule has 0 fully saturated rings. The first-order valence-electron chi connectivity index (χ1n) is 3.36. The summed E-state index contributed by atoms with van der Waals surface area (Å²) in [5, 5.41) is 0. The minimum atomic E-state index is 0.646. The Hall–Kier alpha value is 0.440. The molecule has 0 rings (SSSR count). The SMILES string of the molecule is CC(C)Br.CCOCC. The first kappa shape index (κ1) is 12.1. The highest BCUT2D eigenvalue weighted by Crippen LogP contribution is 1.89. The van der Waals surface area contributed by atoms with Gasteiger partial charge < -0.3 is 4.74 Å². The number of halogens is 1. The second-order valence-electron chi connectivity index (χ2n) is 1.80. The molecule has 0 aromatic carbocycles. The third-order valence-electron chi connectivity index (χ3n) is 0.408. The quantitative estimate of drug-likeness (QED) is 0.618. The fraction of sp³-hybridized carbons (Fsp3) is 1.00. The van der Waals surface area contributed by atoms with Crippen molar-refractivity contribution in [3.8, 4) is 0 Å². The van der Waals surface area contributed by atoms with E-state index in [-0.39, 0.29) is 0 Å². The molecule has 0 aliphatic heterocycles. The van der Waals surface area contributed by atoms with E-state index in [0.717, 1.165) is 13.2 Å². The molecule has 0 aliphatic carbocycles. The van der Waals surface area contributed by atoms with Crippen LogP contribution in [0.25, 0.3) is 0 Å². The molecule has 0 radical (unpaired) electrons. The standard InChI is InChI=1S/C4H10O.C3H7Br/c1-3-5-4-2;1-3(2)4/h3-4H2,1-2H3;3H,1-2H3. The van der Waals surface area contributed by atoms with E-state index in [9.17, 15) is 0 Å². The highest BCUT2D eigenvalue weighted by molar-refractivity contribution is 9.09. The first-order chi connectivity index (χ1) is 4.15. The second-order valence-corrected chi connectivity index (χ2v) is 3.63. The lowest BCUT2D eigenvalue weighted by atomic mass is 10.6. The molecule has 2 heteroatoms. The molecule has 0 bridgehead atoms. The summed E-state index contributed by atoms with van der Waals surface area (Å²) >= 11 is 3.27. The Morgan fingerprint density at radius 2 is 1.44 bits per heavy atom. The fourth-order valence-electron chi connectivity index (χ4n) is 0.204. The zero-order valence-electron chi connectivity index (χ0n) is 6.78. The van der Waals surface area contributed by atoms with E-state index in [1.807, 2.05) is 13.8 Å². The number of ether oxygens (including phenoxy) is 1. The van der Waals surface area contributed by atoms with Crippen molar-refractivity contribution in [2.45, 2.75) is 32.5 Å². The van der Waals surface area contributed by atoms with Gasteiger partial charge in [0.25, 0.3) is 0 Å². The van der Waals surface area contributed by atoms with Gasteiger partial charge in [0.05, 0.1) is 0 Å². The Balaban J connectivity index is 0. The Kier molecular flexibility index (Phi) is 15.2. The number of alkyl halides is 1. The molecule has 0 aromatic heterocycles. The Labute approximate surface area is 66.9 Å². The summed E-state index contributed by atoms with van der Waals surface area (Å²) in [5.74, 6) is 0. The monoisotopic (exact) mass is 196 g/mol. The summed E-state index contributed by atoms with van der Waals surface area (Å²) in [7, 11) is 0. The molecule has 9 heavy (non-hydrogen) atoms. The Morgan fingerprint density at radius 3 is 1.44 bits per heavy atom. The third kappa shape index (κ3) is 58.8. The van der Waals surface area contributed by atoms with E-state index in [4.69, 9.17) is 4.74 Å². The molecule has 0 unspecified atom stereocenters. The van der Waals surface area contributed by atoms with Crippen molar-refractivity contribution >= 4 is 15.9 Å². The molecule has 0 saturated carbocycles. The van der Waals surface area contributed by atoms with Crippen LogP contribution in [0.15, 0.2) is 0 Å². The average Bonchev–Trinajstić information content (AvgIpc) is 1.66. The van der Waals surface area contributed by atoms with Crippen molar-refractivity contribution in [2.75, 3.05) is 13.2 Å². The summed E-state index contributed by atoms with van der Waals surface area (Å²) in [6.07, 6.45) is 0. The van der Waals surface area contributed by atoms with Gasteiger partial charge in [-0.15, -0.1) is 0 Å². The van der Waals surface area contributed by atoms with Crippen LogP contribution in [0.2, 0.25) is 0 Å². The van der Waals surface area contributed by atoms with Crippen LogP contribution in [0.1, 0.15) is 27.7 Å². The van der Waals surface area contributed by atoms with Gasteiger partial charge in [0, 0.05) is 18.0 Å². The zero-order chi connectivity index (χ0) is 7.70. The molecule has 58 valence electrons. The molecule has 0 saturated heterocycles. The van der Waals surface area contributed by atoms with Gasteiger partial charge in [-0.2, -0.15) is 0 Å². The summed E-state index contributed by atoms with van der Waals surface area (Å²) in [6, 6.07) is 0. The molecule has 0 amide bonds. The molecule has 0 spiro atoms. The van der Waals surface area contributed by atoms with Gasteiger partial charge in [0.2, 0.25) is 0 Å². The van der Waals surface area contributed by atoms with E-state index < -0.39 is 0 Å². The highest BCUT2D eigenvalue weighted by Gasteiger charge is 1.71. The molecule has 0 aromatic rings. The number of hydrogen-bond acceptors (Lipinski definition) is 1. The van der Waals surface area contributed by atoms with Gasteiger partial charge in [0.1, 0.15) is 0 Å². The minimum Gasteiger partial charge on any atom is -0.382 e. The molecule has 0 aliphatic rings. The molecule has 0 heterocycles. The summed E-state index contributed by atoms with van der Waals surface area (Å²) in [4.78, 5) is 0.646. The van der Waals surface area contributed by atoms with E-state index in [2.05, 4.69) is 29.8 Å². The lowest BCUT2D eigenvalue weighted by Gasteiger charge is -1.86. The first-order valence-corrected chi connectivity index (χ1v) is 4.28. The van der Waals surface area contributed by atoms with Gasteiger partial charge in [-0.1, -0.05) is 29.8 Å². The second kappa shape index (κ2) is 11.3. The smallest absolute Gasteiger partial charge is 0.0437 e. The van der Waals surface area contributed by atoms with Crippen LogP contribution in [-0.2, 0) is 4.74 Å². The minimum absolute atomic E-state index is 0.646. The lowest BCUT2D eigenvalue weighted by Crippen LogP contribution is -1.84. The summed E-state index contributed by atoms with van der Waals surface area (Å²) in [6.45, 7) is 9.83. The maximum absolute atomic E-state index is 4.83. The summed E-state index contributed by atoms with van der Waals surface area (Å²) < 4.78 is 4.83. The Morgan fingerprint density at radius 1 is 1.22 bits per heavy atom. The molecule has 0 N–H and O–H groups in total. The van der Waals surface area contributed by atoms with E-state index in [1.165, 1.54) is 0 Å². The van der Waals surface area contributed by atoms with Crippen LogP contribution in [0.3, 0.4) is 0 Å². The predicted octanol–water partition coefficient (Wildman–Crippen LogP) is 2.83. The summed E-state index contributed by atoms with van der Waals surface area (Å²) in [5.41, 5.74) is 0. The van der Waals surface area contributed by atoms with Crippen molar-refractivity contribution in [1.82, 2.24) is 0 Å². The Bertz CT molecular complexity index is 33.1. The van der Waals surface area contributed by atoms with E-state index in [1.54, 1.807) is 0 Å². The van der Waals surface area contributed by atoms with Gasteiger partial charge in [0.15, 0.2) is 0 Å². The predicted molar refractivity (Wildman–Crippen MR) is 46.2 cm³/mol. The molecular formula is C7H17BrO. The van der Waals surface area contributed by atoms with Crippen molar-refractivity contribution in [2.24, 2.45) is 0 Å². The van der Waals surface area contributed by atoms with E-state index >= 15 is 0 Å². The maximum Gasteiger partial charge on any atom is 0.0437 e. The van der Waals surface area contributed by atoms with Crippen LogP contribution in [-0.4, -0.2) is 18.0 Å². The van der Waals surface area contributed by atoms with Gasteiger partial charge in [-0.3, -0.25) is 0 Å². The molecular weight excluding hydrogens is 180 g/mol. The van der Waals surface area contributed by atoms with Crippen LogP contribution in [0.5, 0.6) is 0 Å². The third-order valence-corrected chi connectivity index (χ3v) is 0.408. The largest absolute Gasteiger partial charge is 0.382 e. The fourth-order valence-corrected chi connectivity index (χ4v) is 0.204. The molecule has 0 atom stereocenters. The zero-order valence-corrected chi connectivity index (χ0v) is 8.36. The van der Waals surface area contributed by atoms with Gasteiger partial charge in [-0.05, 0) is 13.8 Å². The topological polar surface area (TPSA) is 9.23 Å². The maximum atomic E-state index is 4.83. The van der Waals surface area contributed by atoms with Crippen molar-refractivity contribution in [3.05, 3.63) is 0 Å². The van der Waals surface area contributed by atoms with Gasteiger partial charge in [-0.25, -0.2) is 0 Å². The number of rotatable bonds is 2. The van der Waals surface area contributed by atoms with Crippen molar-refractivity contribution in [3.63, 3.8) is 0 Å². The van der Waals surface area contributed by atoms with Crippen molar-refractivity contribution in [1.29, 1.82) is 0 Å². The molecule has 1 nitrogen and oxygen atoms in total. The van der Waals surface area contributed by atoms with Crippen LogP contribution in [0.4, 0.5) is 0 Å². The average molecular weight is 197 g/mol. The van der Waals surface area contributed by atoms with Crippen LogP contribution < -0.4 is 0 Å². The van der Waals surface area contributed by atoms with Crippen molar-refractivity contribution < 1.29 is 4.74 Å². The van der Waals surface area contributed by atoms with Gasteiger partial charge >= 0.3 is 0 Å². The van der Waals surface area contributed by atoms with E-state index in [0.29, 0.717) is 4.83 Å².